The van der Waals surface area contributed by atoms with Gasteiger partial charge in [0, 0.05) is 23.8 Å². The summed E-state index contributed by atoms with van der Waals surface area (Å²) in [5.41, 5.74) is -0.372. The van der Waals surface area contributed by atoms with E-state index in [9.17, 15) is 44.0 Å². The van der Waals surface area contributed by atoms with Gasteiger partial charge in [-0.1, -0.05) is 12.1 Å². The molecule has 0 unspecified atom stereocenters. The first-order valence-corrected chi connectivity index (χ1v) is 17.6. The van der Waals surface area contributed by atoms with E-state index in [2.05, 4.69) is 41.1 Å². The summed E-state index contributed by atoms with van der Waals surface area (Å²) >= 11 is 6.10. The standard InChI is InChI=1S/C26H21ClN8O10S3/c1-28-14-6-8-15(9-7-14)29-25-31-24(27)32-26(33-25)30-18-12-16(46(37,38)39)10-13-11-20(48(43,44)45)22(23(36)21(13)18)35-34-17-4-2-3-5-19(17)47(40,41)42/h2-12,28,36H,1H3,(H,37,38,39)(H,40,41,42)(H,43,44,45)(H2,29,30,31,32,33). The Morgan fingerprint density at radius 3 is 1.92 bits per heavy atom. The number of rotatable bonds is 10. The summed E-state index contributed by atoms with van der Waals surface area (Å²) in [6.07, 6.45) is 0. The lowest BCUT2D eigenvalue weighted by Crippen LogP contribution is -2.06. The van der Waals surface area contributed by atoms with E-state index in [1.807, 2.05) is 0 Å². The van der Waals surface area contributed by atoms with Crippen LogP contribution in [0.1, 0.15) is 0 Å². The quantitative estimate of drug-likeness (QED) is 0.0727. The molecule has 1 aromatic heterocycles. The van der Waals surface area contributed by atoms with Gasteiger partial charge in [0.15, 0.2) is 5.75 Å². The van der Waals surface area contributed by atoms with Gasteiger partial charge < -0.3 is 21.1 Å². The largest absolute Gasteiger partial charge is 0.505 e. The lowest BCUT2D eigenvalue weighted by molar-refractivity contribution is 0.472. The molecule has 0 saturated heterocycles. The van der Waals surface area contributed by atoms with E-state index in [0.29, 0.717) is 5.69 Å². The van der Waals surface area contributed by atoms with E-state index in [4.69, 9.17) is 11.6 Å². The summed E-state index contributed by atoms with van der Waals surface area (Å²) in [6.45, 7) is 0. The van der Waals surface area contributed by atoms with Crippen molar-refractivity contribution < 1.29 is 44.0 Å². The average Bonchev–Trinajstić information content (AvgIpc) is 2.99. The van der Waals surface area contributed by atoms with Gasteiger partial charge in [-0.3, -0.25) is 13.7 Å². The van der Waals surface area contributed by atoms with Crippen LogP contribution in [0, 0.1) is 0 Å². The minimum Gasteiger partial charge on any atom is -0.505 e. The van der Waals surface area contributed by atoms with Crippen LogP contribution in [-0.4, -0.2) is 66.0 Å². The van der Waals surface area contributed by atoms with Crippen LogP contribution in [0.2, 0.25) is 5.28 Å². The lowest BCUT2D eigenvalue weighted by Gasteiger charge is -2.15. The van der Waals surface area contributed by atoms with E-state index in [1.165, 1.54) is 12.1 Å². The molecule has 0 aliphatic heterocycles. The van der Waals surface area contributed by atoms with E-state index in [0.717, 1.165) is 36.0 Å². The highest BCUT2D eigenvalue weighted by Crippen LogP contribution is 2.46. The maximum absolute atomic E-state index is 12.4. The van der Waals surface area contributed by atoms with Gasteiger partial charge in [0.1, 0.15) is 21.2 Å². The highest BCUT2D eigenvalue weighted by Gasteiger charge is 2.26. The van der Waals surface area contributed by atoms with Crippen molar-refractivity contribution >= 4 is 93.1 Å². The smallest absolute Gasteiger partial charge is 0.296 e. The molecule has 5 rings (SSSR count). The monoisotopic (exact) mass is 736 g/mol. The van der Waals surface area contributed by atoms with Crippen molar-refractivity contribution in [2.45, 2.75) is 14.7 Å². The van der Waals surface area contributed by atoms with Gasteiger partial charge in [-0.2, -0.15) is 40.2 Å². The molecular weight excluding hydrogens is 716 g/mol. The molecule has 0 spiro atoms. The van der Waals surface area contributed by atoms with Gasteiger partial charge in [-0.15, -0.1) is 10.2 Å². The molecule has 0 aliphatic carbocycles. The number of anilines is 5. The van der Waals surface area contributed by atoms with Crippen LogP contribution in [0.4, 0.5) is 40.3 Å². The zero-order valence-electron chi connectivity index (χ0n) is 23.9. The summed E-state index contributed by atoms with van der Waals surface area (Å²) in [5, 5.41) is 26.1. The lowest BCUT2D eigenvalue weighted by atomic mass is 10.1. The van der Waals surface area contributed by atoms with Crippen molar-refractivity contribution in [1.82, 2.24) is 15.0 Å². The SMILES string of the molecule is CNc1ccc(Nc2nc(Cl)nc(Nc3cc(S(=O)(=O)O)cc4cc(S(=O)(=O)O)c(N=Nc5ccccc5S(=O)(=O)O)c(O)c34)n2)cc1. The number of nitrogens with zero attached hydrogens (tertiary/aromatic N) is 5. The number of phenolic OH excluding ortho intramolecular Hbond substituents is 1. The number of hydrogen-bond donors (Lipinski definition) is 7. The first kappa shape index (κ1) is 34.3. The number of benzene rings is 4. The maximum Gasteiger partial charge on any atom is 0.296 e. The first-order chi connectivity index (χ1) is 22.4. The van der Waals surface area contributed by atoms with Gasteiger partial charge >= 0.3 is 0 Å². The van der Waals surface area contributed by atoms with Crippen LogP contribution >= 0.6 is 11.6 Å². The Bertz CT molecular complexity index is 2450. The molecule has 0 atom stereocenters. The van der Waals surface area contributed by atoms with Crippen molar-refractivity contribution in [1.29, 1.82) is 0 Å². The van der Waals surface area contributed by atoms with Gasteiger partial charge in [0.25, 0.3) is 30.4 Å². The third-order valence-electron chi connectivity index (χ3n) is 6.38. The molecular formula is C26H21ClN8O10S3. The number of halogens is 1. The minimum absolute atomic E-state index is 0.0742. The third kappa shape index (κ3) is 7.57. The number of aromatic nitrogens is 3. The fraction of sp³-hybridized carbons (Fsp3) is 0.0385. The molecule has 250 valence electrons. The van der Waals surface area contributed by atoms with Crippen molar-refractivity contribution in [2.75, 3.05) is 23.0 Å². The second-order valence-corrected chi connectivity index (χ2v) is 14.1. The minimum atomic E-state index is -5.23. The Labute approximate surface area is 276 Å². The molecule has 22 heteroatoms. The Morgan fingerprint density at radius 2 is 1.31 bits per heavy atom. The highest BCUT2D eigenvalue weighted by molar-refractivity contribution is 7.86. The summed E-state index contributed by atoms with van der Waals surface area (Å²) in [5.74, 6) is -1.41. The molecule has 0 aliphatic rings. The van der Waals surface area contributed by atoms with Crippen molar-refractivity contribution in [3.05, 3.63) is 72.0 Å². The van der Waals surface area contributed by atoms with Crippen molar-refractivity contribution in [3.8, 4) is 5.75 Å². The molecule has 1 heterocycles. The zero-order valence-corrected chi connectivity index (χ0v) is 27.1. The number of fused-ring (bicyclic) bond motifs is 1. The normalized spacial score (nSPS) is 12.4. The number of azo groups is 1. The number of phenols is 1. The van der Waals surface area contributed by atoms with E-state index in [-0.39, 0.29) is 33.6 Å². The van der Waals surface area contributed by atoms with Crippen LogP contribution in [0.3, 0.4) is 0 Å². The molecule has 0 bridgehead atoms. The summed E-state index contributed by atoms with van der Waals surface area (Å²) < 4.78 is 102. The van der Waals surface area contributed by atoms with E-state index >= 15 is 0 Å². The number of aromatic hydroxyl groups is 1. The number of nitrogens with one attached hydrogen (secondary N) is 3. The third-order valence-corrected chi connectivity index (χ3v) is 9.15. The molecule has 0 amide bonds. The van der Waals surface area contributed by atoms with Crippen molar-refractivity contribution in [3.63, 3.8) is 0 Å². The fourth-order valence-corrected chi connectivity index (χ4v) is 6.28. The van der Waals surface area contributed by atoms with E-state index < -0.39 is 62.2 Å². The van der Waals surface area contributed by atoms with Crippen LogP contribution in [0.25, 0.3) is 10.8 Å². The Balaban J connectivity index is 1.70. The van der Waals surface area contributed by atoms with Gasteiger partial charge in [0.2, 0.25) is 17.2 Å². The first-order valence-electron chi connectivity index (χ1n) is 12.9. The van der Waals surface area contributed by atoms with Crippen LogP contribution in [-0.2, 0) is 30.4 Å². The summed E-state index contributed by atoms with van der Waals surface area (Å²) in [7, 11) is -13.3. The molecule has 5 aromatic rings. The second kappa shape index (κ2) is 12.9. The fourth-order valence-electron chi connectivity index (χ4n) is 4.29. The van der Waals surface area contributed by atoms with E-state index in [1.54, 1.807) is 31.3 Å². The predicted octanol–water partition coefficient (Wildman–Crippen LogP) is 5.07. The summed E-state index contributed by atoms with van der Waals surface area (Å²) in [4.78, 5) is 9.54. The Kier molecular flexibility index (Phi) is 9.20. The molecule has 7 N–H and O–H groups in total. The molecule has 0 saturated carbocycles. The predicted molar refractivity (Wildman–Crippen MR) is 173 cm³/mol. The molecule has 48 heavy (non-hydrogen) atoms. The highest BCUT2D eigenvalue weighted by atomic mass is 35.5. The van der Waals surface area contributed by atoms with Crippen molar-refractivity contribution in [2.24, 2.45) is 10.2 Å². The zero-order chi connectivity index (χ0) is 35.0. The molecule has 18 nitrogen and oxygen atoms in total. The maximum atomic E-state index is 12.4. The van der Waals surface area contributed by atoms with Gasteiger partial charge in [0.05, 0.1) is 10.6 Å². The Morgan fingerprint density at radius 1 is 0.708 bits per heavy atom. The second-order valence-electron chi connectivity index (χ2n) is 9.56. The van der Waals surface area contributed by atoms with Crippen LogP contribution in [0.5, 0.6) is 5.75 Å². The molecule has 0 radical (unpaired) electrons. The average molecular weight is 737 g/mol. The number of hydrogen-bond acceptors (Lipinski definition) is 15. The van der Waals surface area contributed by atoms with Gasteiger partial charge in [-0.05, 0) is 71.6 Å². The van der Waals surface area contributed by atoms with Gasteiger partial charge in [-0.25, -0.2) is 0 Å². The van der Waals surface area contributed by atoms with Crippen LogP contribution < -0.4 is 16.0 Å². The Hall–Kier alpha value is -5.03. The molecule has 4 aromatic carbocycles. The topological polar surface area (TPSA) is 283 Å². The van der Waals surface area contributed by atoms with Crippen LogP contribution in [0.15, 0.2) is 91.6 Å². The summed E-state index contributed by atoms with van der Waals surface area (Å²) in [6, 6.07) is 14.0. The molecule has 0 fully saturated rings.